The van der Waals surface area contributed by atoms with Crippen LogP contribution in [-0.2, 0) is 16.3 Å². The number of rotatable bonds is 5. The lowest BCUT2D eigenvalue weighted by atomic mass is 10.1. The van der Waals surface area contributed by atoms with Crippen LogP contribution >= 0.6 is 0 Å². The molecule has 0 aliphatic rings. The largest absolute Gasteiger partial charge is 0.494 e. The summed E-state index contributed by atoms with van der Waals surface area (Å²) in [5, 5.41) is 3.90. The minimum atomic E-state index is -2.76. The molecule has 3 aromatic rings. The summed E-state index contributed by atoms with van der Waals surface area (Å²) in [7, 11) is -1.34. The number of fused-ring (bicyclic) bond motifs is 1. The number of hydrogen-bond donors (Lipinski definition) is 2. The van der Waals surface area contributed by atoms with Gasteiger partial charge in [-0.2, -0.15) is 0 Å². The van der Waals surface area contributed by atoms with E-state index in [1.807, 2.05) is 6.07 Å². The molecule has 2 aromatic carbocycles. The average molecular weight is 359 g/mol. The Morgan fingerprint density at radius 1 is 1.28 bits per heavy atom. The van der Waals surface area contributed by atoms with Crippen molar-refractivity contribution >= 4 is 26.3 Å². The van der Waals surface area contributed by atoms with Crippen LogP contribution in [0.4, 0.5) is 10.1 Å². The molecule has 0 radical (unpaired) electrons. The molecule has 1 unspecified atom stereocenters. The van der Waals surface area contributed by atoms with Gasteiger partial charge >= 0.3 is 0 Å². The van der Waals surface area contributed by atoms with Crippen molar-refractivity contribution in [1.29, 1.82) is 4.78 Å². The van der Waals surface area contributed by atoms with Gasteiger partial charge in [0.2, 0.25) is 0 Å². The van der Waals surface area contributed by atoms with Gasteiger partial charge in [-0.25, -0.2) is 13.4 Å². The summed E-state index contributed by atoms with van der Waals surface area (Å²) in [6.45, 7) is 0.454. The van der Waals surface area contributed by atoms with Gasteiger partial charge in [0.1, 0.15) is 0 Å². The Balaban J connectivity index is 1.90. The van der Waals surface area contributed by atoms with Gasteiger partial charge < -0.3 is 10.1 Å². The molecular formula is C18H18FN3O2S. The molecule has 0 bridgehead atoms. The molecule has 5 nitrogen and oxygen atoms in total. The number of aromatic nitrogens is 1. The van der Waals surface area contributed by atoms with Crippen molar-refractivity contribution in [2.24, 2.45) is 0 Å². The Labute approximate surface area is 145 Å². The molecule has 1 atom stereocenters. The molecule has 1 aromatic heterocycles. The first-order valence-corrected chi connectivity index (χ1v) is 9.54. The van der Waals surface area contributed by atoms with E-state index in [0.29, 0.717) is 22.3 Å². The van der Waals surface area contributed by atoms with Gasteiger partial charge in [-0.3, -0.25) is 4.98 Å². The van der Waals surface area contributed by atoms with E-state index in [9.17, 15) is 8.60 Å². The number of nitrogens with one attached hydrogen (secondary N) is 2. The zero-order valence-electron chi connectivity index (χ0n) is 13.9. The Kier molecular flexibility index (Phi) is 4.59. The van der Waals surface area contributed by atoms with E-state index in [2.05, 4.69) is 10.3 Å². The fraction of sp³-hybridized carbons (Fsp3) is 0.167. The fourth-order valence-corrected chi connectivity index (χ4v) is 3.27. The first-order chi connectivity index (χ1) is 11.9. The van der Waals surface area contributed by atoms with Crippen molar-refractivity contribution in [3.63, 3.8) is 0 Å². The molecule has 0 saturated heterocycles. The van der Waals surface area contributed by atoms with E-state index < -0.39 is 15.5 Å². The van der Waals surface area contributed by atoms with Crippen molar-refractivity contribution in [3.05, 3.63) is 60.0 Å². The second-order valence-electron chi connectivity index (χ2n) is 5.71. The summed E-state index contributed by atoms with van der Waals surface area (Å²) < 4.78 is 38.6. The number of anilines is 1. The van der Waals surface area contributed by atoms with Crippen LogP contribution in [0.5, 0.6) is 5.75 Å². The highest BCUT2D eigenvalue weighted by molar-refractivity contribution is 7.91. The van der Waals surface area contributed by atoms with Crippen molar-refractivity contribution in [1.82, 2.24) is 4.98 Å². The van der Waals surface area contributed by atoms with Gasteiger partial charge in [0, 0.05) is 41.0 Å². The second-order valence-corrected chi connectivity index (χ2v) is 7.87. The van der Waals surface area contributed by atoms with Crippen LogP contribution in [0.15, 0.2) is 53.6 Å². The van der Waals surface area contributed by atoms with Gasteiger partial charge in [0.05, 0.1) is 22.4 Å². The second kappa shape index (κ2) is 6.68. The number of pyridine rings is 1. The van der Waals surface area contributed by atoms with Crippen LogP contribution < -0.4 is 10.1 Å². The predicted octanol–water partition coefficient (Wildman–Crippen LogP) is 4.03. The Morgan fingerprint density at radius 3 is 2.80 bits per heavy atom. The van der Waals surface area contributed by atoms with Crippen LogP contribution in [-0.4, -0.2) is 22.6 Å². The third kappa shape index (κ3) is 3.71. The van der Waals surface area contributed by atoms with Gasteiger partial charge in [0.15, 0.2) is 11.6 Å². The van der Waals surface area contributed by atoms with Gasteiger partial charge in [-0.1, -0.05) is 12.1 Å². The summed E-state index contributed by atoms with van der Waals surface area (Å²) in [6.07, 6.45) is 3.03. The van der Waals surface area contributed by atoms with E-state index in [1.165, 1.54) is 19.4 Å². The zero-order valence-corrected chi connectivity index (χ0v) is 14.7. The number of nitrogens with zero attached hydrogens (tertiary/aromatic N) is 1. The quantitative estimate of drug-likeness (QED) is 0.721. The SMILES string of the molecule is COc1cc2nccc(NCc3cccc(S(C)(=N)=O)c3)c2cc1F. The number of benzene rings is 2. The van der Waals surface area contributed by atoms with E-state index in [1.54, 1.807) is 36.5 Å². The molecule has 7 heteroatoms. The van der Waals surface area contributed by atoms with E-state index >= 15 is 0 Å². The highest BCUT2D eigenvalue weighted by Gasteiger charge is 2.09. The van der Waals surface area contributed by atoms with Crippen molar-refractivity contribution in [2.75, 3.05) is 18.7 Å². The molecule has 130 valence electrons. The predicted molar refractivity (Wildman–Crippen MR) is 97.1 cm³/mol. The van der Waals surface area contributed by atoms with Crippen LogP contribution in [0.1, 0.15) is 5.56 Å². The molecule has 0 fully saturated rings. The third-order valence-corrected chi connectivity index (χ3v) is 5.00. The first-order valence-electron chi connectivity index (χ1n) is 7.57. The minimum absolute atomic E-state index is 0.151. The summed E-state index contributed by atoms with van der Waals surface area (Å²) in [5.74, 6) is -0.300. The third-order valence-electron chi connectivity index (χ3n) is 3.85. The number of hydrogen-bond acceptors (Lipinski definition) is 5. The number of methoxy groups -OCH3 is 1. The highest BCUT2D eigenvalue weighted by atomic mass is 32.2. The maximum atomic E-state index is 14.0. The van der Waals surface area contributed by atoms with Gasteiger partial charge in [-0.05, 0) is 29.8 Å². The number of ether oxygens (including phenoxy) is 1. The molecule has 0 saturated carbocycles. The maximum Gasteiger partial charge on any atom is 0.165 e. The molecule has 0 aliphatic carbocycles. The van der Waals surface area contributed by atoms with Crippen molar-refractivity contribution < 1.29 is 13.3 Å². The van der Waals surface area contributed by atoms with Crippen molar-refractivity contribution in [2.45, 2.75) is 11.4 Å². The maximum absolute atomic E-state index is 14.0. The topological polar surface area (TPSA) is 75.1 Å². The lowest BCUT2D eigenvalue weighted by Gasteiger charge is -2.12. The first kappa shape index (κ1) is 17.2. The molecule has 0 spiro atoms. The normalized spacial score (nSPS) is 13.4. The highest BCUT2D eigenvalue weighted by Crippen LogP contribution is 2.28. The molecule has 1 heterocycles. The van der Waals surface area contributed by atoms with E-state index in [-0.39, 0.29) is 5.75 Å². The summed E-state index contributed by atoms with van der Waals surface area (Å²) in [5.41, 5.74) is 2.25. The van der Waals surface area contributed by atoms with Gasteiger partial charge in [0.25, 0.3) is 0 Å². The van der Waals surface area contributed by atoms with Crippen LogP contribution in [0, 0.1) is 10.6 Å². The van der Waals surface area contributed by atoms with Crippen LogP contribution in [0.3, 0.4) is 0 Å². The number of halogens is 1. The Hall–Kier alpha value is -2.67. The summed E-state index contributed by atoms with van der Waals surface area (Å²) in [6, 6.07) is 11.8. The van der Waals surface area contributed by atoms with E-state index in [4.69, 9.17) is 9.52 Å². The molecule has 0 amide bonds. The monoisotopic (exact) mass is 359 g/mol. The smallest absolute Gasteiger partial charge is 0.165 e. The lowest BCUT2D eigenvalue weighted by Crippen LogP contribution is -2.03. The standard InChI is InChI=1S/C18H18FN3O2S/c1-24-18-10-17-14(9-15(18)19)16(6-7-21-17)22-11-12-4-3-5-13(8-12)25(2,20)23/h3-10,20H,11H2,1-2H3,(H,21,22). The van der Waals surface area contributed by atoms with Crippen LogP contribution in [0.25, 0.3) is 10.9 Å². The summed E-state index contributed by atoms with van der Waals surface area (Å²) in [4.78, 5) is 4.73. The fourth-order valence-electron chi connectivity index (χ4n) is 2.55. The zero-order chi connectivity index (χ0) is 18.0. The Morgan fingerprint density at radius 2 is 2.08 bits per heavy atom. The van der Waals surface area contributed by atoms with Crippen molar-refractivity contribution in [3.8, 4) is 5.75 Å². The molecule has 3 rings (SSSR count). The summed E-state index contributed by atoms with van der Waals surface area (Å²) >= 11 is 0. The molecule has 0 aliphatic heterocycles. The van der Waals surface area contributed by atoms with Gasteiger partial charge in [-0.15, -0.1) is 0 Å². The molecule has 25 heavy (non-hydrogen) atoms. The molecule has 2 N–H and O–H groups in total. The Bertz CT molecular complexity index is 1040. The molecular weight excluding hydrogens is 341 g/mol. The van der Waals surface area contributed by atoms with Crippen LogP contribution in [0.2, 0.25) is 0 Å². The minimum Gasteiger partial charge on any atom is -0.494 e. The van der Waals surface area contributed by atoms with E-state index in [0.717, 1.165) is 11.3 Å². The lowest BCUT2D eigenvalue weighted by molar-refractivity contribution is 0.387. The average Bonchev–Trinajstić information content (AvgIpc) is 2.59.